The minimum atomic E-state index is -3.66. The predicted octanol–water partition coefficient (Wildman–Crippen LogP) is 1.23. The molecule has 0 spiro atoms. The van der Waals surface area contributed by atoms with Crippen molar-refractivity contribution in [3.63, 3.8) is 0 Å². The number of rotatable bonds is 5. The van der Waals surface area contributed by atoms with Crippen LogP contribution in [0.15, 0.2) is 23.1 Å². The van der Waals surface area contributed by atoms with Gasteiger partial charge in [-0.15, -0.1) is 0 Å². The van der Waals surface area contributed by atoms with Gasteiger partial charge in [0.25, 0.3) is 0 Å². The van der Waals surface area contributed by atoms with Crippen molar-refractivity contribution in [3.05, 3.63) is 29.3 Å². The molecule has 5 nitrogen and oxygen atoms in total. The first kappa shape index (κ1) is 17.2. The van der Waals surface area contributed by atoms with Gasteiger partial charge in [-0.1, -0.05) is 24.8 Å². The number of hydrogen-bond donors (Lipinski definition) is 1. The highest BCUT2D eigenvalue weighted by Gasteiger charge is 2.25. The van der Waals surface area contributed by atoms with Gasteiger partial charge in [-0.05, 0) is 24.6 Å². The van der Waals surface area contributed by atoms with Gasteiger partial charge in [0.2, 0.25) is 10.0 Å². The Hall–Kier alpha value is -1.86. The molecular weight excluding hydrogens is 286 g/mol. The minimum Gasteiger partial charge on any atom is -0.320 e. The maximum absolute atomic E-state index is 12.7. The van der Waals surface area contributed by atoms with E-state index in [1.54, 1.807) is 25.1 Å². The van der Waals surface area contributed by atoms with Crippen LogP contribution in [0.25, 0.3) is 0 Å². The van der Waals surface area contributed by atoms with Crippen LogP contribution in [0.2, 0.25) is 0 Å². The second-order valence-electron chi connectivity index (χ2n) is 4.41. The summed E-state index contributed by atoms with van der Waals surface area (Å²) < 4.78 is 26.7. The summed E-state index contributed by atoms with van der Waals surface area (Å²) in [4.78, 5) is 0.161. The molecule has 0 bridgehead atoms. The van der Waals surface area contributed by atoms with Crippen molar-refractivity contribution in [1.29, 1.82) is 5.26 Å². The molecule has 1 aromatic rings. The standard InChI is InChI=1S/C15H19N3O2S/c1-3-18(11-5-10-17)21(19,20)15-8-7-13(2)12-14(15)6-4-9-16/h7-8,12H,3,5,9,11,16H2,1-2H3. The first-order chi connectivity index (χ1) is 9.97. The third-order valence-corrected chi connectivity index (χ3v) is 4.94. The fourth-order valence-corrected chi connectivity index (χ4v) is 3.45. The van der Waals surface area contributed by atoms with E-state index in [4.69, 9.17) is 11.0 Å². The quantitative estimate of drug-likeness (QED) is 0.829. The van der Waals surface area contributed by atoms with E-state index in [0.29, 0.717) is 12.1 Å². The maximum atomic E-state index is 12.7. The Morgan fingerprint density at radius 3 is 2.67 bits per heavy atom. The summed E-state index contributed by atoms with van der Waals surface area (Å²) in [6.07, 6.45) is 0.155. The Morgan fingerprint density at radius 1 is 1.38 bits per heavy atom. The topological polar surface area (TPSA) is 87.2 Å². The SMILES string of the molecule is CCN(CCC#N)S(=O)(=O)c1ccc(C)cc1C#CCN. The van der Waals surface area contributed by atoms with Gasteiger partial charge in [0.15, 0.2) is 0 Å². The Morgan fingerprint density at radius 2 is 2.10 bits per heavy atom. The van der Waals surface area contributed by atoms with E-state index in [2.05, 4.69) is 11.8 Å². The normalized spacial score (nSPS) is 10.8. The first-order valence-corrected chi connectivity index (χ1v) is 8.08. The number of nitrogens with two attached hydrogens (primary N) is 1. The molecule has 1 rings (SSSR count). The number of nitrogens with zero attached hydrogens (tertiary/aromatic N) is 2. The van der Waals surface area contributed by atoms with Crippen molar-refractivity contribution in [1.82, 2.24) is 4.31 Å². The third-order valence-electron chi connectivity index (χ3n) is 2.90. The molecule has 0 unspecified atom stereocenters. The predicted molar refractivity (Wildman–Crippen MR) is 81.8 cm³/mol. The summed E-state index contributed by atoms with van der Waals surface area (Å²) in [6.45, 7) is 4.26. The molecule has 0 aromatic heterocycles. The largest absolute Gasteiger partial charge is 0.320 e. The van der Waals surface area contributed by atoms with Crippen LogP contribution in [-0.4, -0.2) is 32.4 Å². The highest BCUT2D eigenvalue weighted by molar-refractivity contribution is 7.89. The molecule has 0 atom stereocenters. The molecule has 0 radical (unpaired) electrons. The molecule has 0 saturated carbocycles. The molecule has 2 N–H and O–H groups in total. The van der Waals surface area contributed by atoms with Gasteiger partial charge in [-0.25, -0.2) is 8.42 Å². The average Bonchev–Trinajstić information content (AvgIpc) is 2.45. The molecular formula is C15H19N3O2S. The zero-order chi connectivity index (χ0) is 15.9. The van der Waals surface area contributed by atoms with Gasteiger partial charge in [-0.3, -0.25) is 0 Å². The lowest BCUT2D eigenvalue weighted by Crippen LogP contribution is -2.32. The van der Waals surface area contributed by atoms with E-state index in [1.807, 2.05) is 13.0 Å². The fourth-order valence-electron chi connectivity index (χ4n) is 1.87. The van der Waals surface area contributed by atoms with E-state index < -0.39 is 10.0 Å². The smallest absolute Gasteiger partial charge is 0.244 e. The maximum Gasteiger partial charge on any atom is 0.244 e. The summed E-state index contributed by atoms with van der Waals surface area (Å²) in [5, 5.41) is 8.65. The number of sulfonamides is 1. The van der Waals surface area contributed by atoms with Crippen molar-refractivity contribution >= 4 is 10.0 Å². The molecule has 6 heteroatoms. The summed E-state index contributed by atoms with van der Waals surface area (Å²) in [5.74, 6) is 5.50. The van der Waals surface area contributed by atoms with Crippen LogP contribution >= 0.6 is 0 Å². The van der Waals surface area contributed by atoms with Crippen LogP contribution in [0.5, 0.6) is 0 Å². The van der Waals surface area contributed by atoms with Gasteiger partial charge >= 0.3 is 0 Å². The van der Waals surface area contributed by atoms with Gasteiger partial charge in [0.05, 0.1) is 17.5 Å². The molecule has 0 aliphatic carbocycles. The highest BCUT2D eigenvalue weighted by Crippen LogP contribution is 2.21. The third kappa shape index (κ3) is 4.30. The van der Waals surface area contributed by atoms with Crippen molar-refractivity contribution in [2.45, 2.75) is 25.2 Å². The Labute approximate surface area is 126 Å². The lowest BCUT2D eigenvalue weighted by atomic mass is 10.1. The molecule has 21 heavy (non-hydrogen) atoms. The average molecular weight is 305 g/mol. The molecule has 0 aliphatic heterocycles. The van der Waals surface area contributed by atoms with Gasteiger partial charge in [0, 0.05) is 25.1 Å². The van der Waals surface area contributed by atoms with Crippen LogP contribution in [0.4, 0.5) is 0 Å². The minimum absolute atomic E-state index is 0.155. The summed E-state index contributed by atoms with van der Waals surface area (Å²) in [7, 11) is -3.66. The van der Waals surface area contributed by atoms with E-state index in [-0.39, 0.29) is 24.4 Å². The summed E-state index contributed by atoms with van der Waals surface area (Å²) in [5.41, 5.74) is 6.72. The number of hydrogen-bond acceptors (Lipinski definition) is 4. The fraction of sp³-hybridized carbons (Fsp3) is 0.400. The highest BCUT2D eigenvalue weighted by atomic mass is 32.2. The van der Waals surface area contributed by atoms with Crippen LogP contribution in [0.1, 0.15) is 24.5 Å². The van der Waals surface area contributed by atoms with Crippen molar-refractivity contribution in [2.75, 3.05) is 19.6 Å². The molecule has 0 saturated heterocycles. The summed E-state index contributed by atoms with van der Waals surface area (Å²) in [6, 6.07) is 6.98. The van der Waals surface area contributed by atoms with Crippen molar-refractivity contribution in [3.8, 4) is 17.9 Å². The molecule has 1 aromatic carbocycles. The van der Waals surface area contributed by atoms with E-state index >= 15 is 0 Å². The number of nitriles is 1. The van der Waals surface area contributed by atoms with Crippen LogP contribution < -0.4 is 5.73 Å². The number of aryl methyl sites for hydroxylation is 1. The van der Waals surface area contributed by atoms with Gasteiger partial charge in [0.1, 0.15) is 0 Å². The van der Waals surface area contributed by atoms with Crippen LogP contribution in [0.3, 0.4) is 0 Å². The van der Waals surface area contributed by atoms with E-state index in [1.165, 1.54) is 4.31 Å². The van der Waals surface area contributed by atoms with Gasteiger partial charge in [-0.2, -0.15) is 9.57 Å². The molecule has 0 amide bonds. The van der Waals surface area contributed by atoms with Crippen LogP contribution in [0, 0.1) is 30.1 Å². The summed E-state index contributed by atoms with van der Waals surface area (Å²) >= 11 is 0. The van der Waals surface area contributed by atoms with E-state index in [9.17, 15) is 8.42 Å². The van der Waals surface area contributed by atoms with Crippen molar-refractivity contribution < 1.29 is 8.42 Å². The van der Waals surface area contributed by atoms with Crippen molar-refractivity contribution in [2.24, 2.45) is 5.73 Å². The monoisotopic (exact) mass is 305 g/mol. The Kier molecular flexibility index (Phi) is 6.39. The number of benzene rings is 1. The van der Waals surface area contributed by atoms with E-state index in [0.717, 1.165) is 5.56 Å². The zero-order valence-corrected chi connectivity index (χ0v) is 13.1. The molecule has 0 heterocycles. The molecule has 0 fully saturated rings. The Balaban J connectivity index is 3.33. The first-order valence-electron chi connectivity index (χ1n) is 6.64. The molecule has 0 aliphatic rings. The van der Waals surface area contributed by atoms with Gasteiger partial charge < -0.3 is 5.73 Å². The zero-order valence-electron chi connectivity index (χ0n) is 12.3. The second kappa shape index (κ2) is 7.80. The second-order valence-corrected chi connectivity index (χ2v) is 6.32. The molecule has 112 valence electrons. The lowest BCUT2D eigenvalue weighted by Gasteiger charge is -2.20. The lowest BCUT2D eigenvalue weighted by molar-refractivity contribution is 0.435. The Bertz CT molecular complexity index is 694. The van der Waals surface area contributed by atoms with Crippen LogP contribution in [-0.2, 0) is 10.0 Å².